The van der Waals surface area contributed by atoms with Crippen LogP contribution in [0.15, 0.2) is 42.0 Å². The molecule has 0 saturated carbocycles. The molecule has 1 heterocycles. The Labute approximate surface area is 151 Å². The van der Waals surface area contributed by atoms with Gasteiger partial charge in [0.15, 0.2) is 5.78 Å². The van der Waals surface area contributed by atoms with Crippen molar-refractivity contribution in [1.29, 1.82) is 5.26 Å². The Kier molecular flexibility index (Phi) is 4.22. The summed E-state index contributed by atoms with van der Waals surface area (Å²) in [4.78, 5) is 25.9. The molecular formula is C20H20F2N2O2. The molecule has 0 bridgehead atoms. The average Bonchev–Trinajstić information content (AvgIpc) is 3.01. The van der Waals surface area contributed by atoms with Crippen LogP contribution in [0.2, 0.25) is 0 Å². The first-order chi connectivity index (χ1) is 12.1. The van der Waals surface area contributed by atoms with Gasteiger partial charge in [0.25, 0.3) is 5.91 Å². The number of likely N-dealkylation sites (tertiary alicyclic amines) is 1. The van der Waals surface area contributed by atoms with Crippen LogP contribution in [0.1, 0.15) is 32.3 Å². The fraction of sp³-hybridized carbons (Fsp3) is 0.450. The summed E-state index contributed by atoms with van der Waals surface area (Å²) in [5, 5.41) is 9.25. The van der Waals surface area contributed by atoms with Crippen molar-refractivity contribution >= 4 is 11.7 Å². The summed E-state index contributed by atoms with van der Waals surface area (Å²) in [6, 6.07) is 8.95. The molecule has 1 aromatic carbocycles. The molecule has 3 rings (SSSR count). The van der Waals surface area contributed by atoms with Gasteiger partial charge in [0.2, 0.25) is 0 Å². The Hall–Kier alpha value is -2.55. The van der Waals surface area contributed by atoms with Gasteiger partial charge in [0.05, 0.1) is 5.57 Å². The molecule has 0 aromatic heterocycles. The second kappa shape index (κ2) is 6.01. The number of ketones is 1. The standard InChI is InChI=1S/C20H20F2N2O2/c1-18(2)12-19(10-14(11-23)16(18)25)8-9-24(13-19)17(26)20(21,22)15-6-4-3-5-7-15/h3-7,10H,8-9,12-13H2,1-2H3. The Bertz CT molecular complexity index is 824. The summed E-state index contributed by atoms with van der Waals surface area (Å²) in [6.07, 6.45) is 2.49. The third-order valence-electron chi connectivity index (χ3n) is 5.30. The van der Waals surface area contributed by atoms with Crippen molar-refractivity contribution in [2.24, 2.45) is 10.8 Å². The van der Waals surface area contributed by atoms with E-state index >= 15 is 0 Å². The Morgan fingerprint density at radius 1 is 1.27 bits per heavy atom. The summed E-state index contributed by atoms with van der Waals surface area (Å²) in [7, 11) is 0. The van der Waals surface area contributed by atoms with E-state index < -0.39 is 22.7 Å². The van der Waals surface area contributed by atoms with Gasteiger partial charge in [-0.2, -0.15) is 14.0 Å². The number of carbonyl (C=O) groups is 2. The monoisotopic (exact) mass is 358 g/mol. The molecule has 1 spiro atoms. The Morgan fingerprint density at radius 2 is 1.92 bits per heavy atom. The number of amides is 1. The molecule has 0 N–H and O–H groups in total. The normalized spacial score (nSPS) is 25.1. The molecule has 1 fully saturated rings. The number of nitriles is 1. The van der Waals surface area contributed by atoms with Crippen molar-refractivity contribution < 1.29 is 18.4 Å². The summed E-state index contributed by atoms with van der Waals surface area (Å²) in [5.74, 6) is -5.07. The lowest BCUT2D eigenvalue weighted by Gasteiger charge is -2.38. The molecule has 4 nitrogen and oxygen atoms in total. The number of hydrogen-bond acceptors (Lipinski definition) is 3. The Balaban J connectivity index is 1.87. The maximum absolute atomic E-state index is 14.6. The molecule has 1 atom stereocenters. The zero-order valence-corrected chi connectivity index (χ0v) is 14.8. The van der Waals surface area contributed by atoms with Gasteiger partial charge in [-0.15, -0.1) is 0 Å². The van der Waals surface area contributed by atoms with E-state index in [0.29, 0.717) is 12.8 Å². The molecule has 26 heavy (non-hydrogen) atoms. The highest BCUT2D eigenvalue weighted by Crippen LogP contribution is 2.48. The number of benzene rings is 1. The van der Waals surface area contributed by atoms with E-state index in [4.69, 9.17) is 0 Å². The van der Waals surface area contributed by atoms with Crippen LogP contribution in [-0.2, 0) is 15.5 Å². The molecular weight excluding hydrogens is 338 g/mol. The highest BCUT2D eigenvalue weighted by atomic mass is 19.3. The van der Waals surface area contributed by atoms with Crippen molar-refractivity contribution in [2.45, 2.75) is 32.6 Å². The third-order valence-corrected chi connectivity index (χ3v) is 5.30. The van der Waals surface area contributed by atoms with Crippen LogP contribution in [0.25, 0.3) is 0 Å². The highest BCUT2D eigenvalue weighted by Gasteiger charge is 2.52. The summed E-state index contributed by atoms with van der Waals surface area (Å²) in [6.45, 7) is 3.78. The minimum atomic E-state index is -3.60. The molecule has 6 heteroatoms. The average molecular weight is 358 g/mol. The van der Waals surface area contributed by atoms with Gasteiger partial charge in [-0.1, -0.05) is 50.3 Å². The topological polar surface area (TPSA) is 61.2 Å². The van der Waals surface area contributed by atoms with Gasteiger partial charge >= 0.3 is 5.92 Å². The largest absolute Gasteiger partial charge is 0.349 e. The van der Waals surface area contributed by atoms with E-state index in [0.717, 1.165) is 4.90 Å². The van der Waals surface area contributed by atoms with Gasteiger partial charge in [-0.3, -0.25) is 9.59 Å². The third kappa shape index (κ3) is 2.92. The molecule has 1 aliphatic carbocycles. The van der Waals surface area contributed by atoms with E-state index in [2.05, 4.69) is 0 Å². The first-order valence-corrected chi connectivity index (χ1v) is 8.52. The molecule has 1 aliphatic heterocycles. The minimum Gasteiger partial charge on any atom is -0.336 e. The van der Waals surface area contributed by atoms with Gasteiger partial charge in [-0.25, -0.2) is 0 Å². The van der Waals surface area contributed by atoms with E-state index in [1.165, 1.54) is 24.3 Å². The first-order valence-electron chi connectivity index (χ1n) is 8.52. The first kappa shape index (κ1) is 18.2. The molecule has 1 aromatic rings. The second-order valence-corrected chi connectivity index (χ2v) is 7.84. The van der Waals surface area contributed by atoms with Crippen LogP contribution < -0.4 is 0 Å². The van der Waals surface area contributed by atoms with Gasteiger partial charge in [0.1, 0.15) is 6.07 Å². The molecule has 0 radical (unpaired) electrons. The van der Waals surface area contributed by atoms with Crippen LogP contribution in [0.3, 0.4) is 0 Å². The van der Waals surface area contributed by atoms with E-state index in [1.807, 2.05) is 6.07 Å². The van der Waals surface area contributed by atoms with Crippen LogP contribution in [0.5, 0.6) is 0 Å². The van der Waals surface area contributed by atoms with Crippen LogP contribution in [-0.4, -0.2) is 29.7 Å². The summed E-state index contributed by atoms with van der Waals surface area (Å²) < 4.78 is 29.2. The number of alkyl halides is 2. The molecule has 136 valence electrons. The van der Waals surface area contributed by atoms with Crippen LogP contribution in [0, 0.1) is 22.2 Å². The fourth-order valence-corrected chi connectivity index (χ4v) is 4.13. The molecule has 1 saturated heterocycles. The molecule has 2 aliphatic rings. The van der Waals surface area contributed by atoms with Gasteiger partial charge in [0, 0.05) is 29.5 Å². The number of allylic oxidation sites excluding steroid dienone is 1. The second-order valence-electron chi connectivity index (χ2n) is 7.84. The zero-order valence-electron chi connectivity index (χ0n) is 14.8. The Morgan fingerprint density at radius 3 is 2.54 bits per heavy atom. The lowest BCUT2D eigenvalue weighted by Crippen LogP contribution is -2.44. The number of nitrogens with zero attached hydrogens (tertiary/aromatic N) is 2. The quantitative estimate of drug-likeness (QED) is 0.814. The lowest BCUT2D eigenvalue weighted by molar-refractivity contribution is -0.158. The predicted molar refractivity (Wildman–Crippen MR) is 91.1 cm³/mol. The van der Waals surface area contributed by atoms with Crippen LogP contribution in [0.4, 0.5) is 8.78 Å². The van der Waals surface area contributed by atoms with E-state index in [9.17, 15) is 23.6 Å². The van der Waals surface area contributed by atoms with Crippen molar-refractivity contribution in [3.05, 3.63) is 47.5 Å². The number of carbonyl (C=O) groups excluding carboxylic acids is 2. The van der Waals surface area contributed by atoms with Crippen molar-refractivity contribution in [3.8, 4) is 6.07 Å². The number of rotatable bonds is 2. The van der Waals surface area contributed by atoms with Crippen molar-refractivity contribution in [3.63, 3.8) is 0 Å². The van der Waals surface area contributed by atoms with Crippen LogP contribution >= 0.6 is 0 Å². The number of halogens is 2. The highest BCUT2D eigenvalue weighted by molar-refractivity contribution is 6.03. The fourth-order valence-electron chi connectivity index (χ4n) is 4.13. The maximum Gasteiger partial charge on any atom is 0.349 e. The molecule has 1 unspecified atom stereocenters. The van der Waals surface area contributed by atoms with E-state index in [1.54, 1.807) is 26.0 Å². The number of hydrogen-bond donors (Lipinski definition) is 0. The minimum absolute atomic E-state index is 0.0605. The van der Waals surface area contributed by atoms with Crippen molar-refractivity contribution in [1.82, 2.24) is 4.90 Å². The zero-order chi connectivity index (χ0) is 19.2. The lowest BCUT2D eigenvalue weighted by atomic mass is 9.64. The SMILES string of the molecule is CC1(C)CC2(C=C(C#N)C1=O)CCN(C(=O)C(F)(F)c1ccccc1)C2. The summed E-state index contributed by atoms with van der Waals surface area (Å²) in [5.41, 5.74) is -1.63. The molecule has 1 amide bonds. The van der Waals surface area contributed by atoms with Gasteiger partial charge < -0.3 is 4.90 Å². The smallest absolute Gasteiger partial charge is 0.336 e. The van der Waals surface area contributed by atoms with Crippen molar-refractivity contribution in [2.75, 3.05) is 13.1 Å². The number of Topliss-reactive ketones (excluding diaryl/α,β-unsaturated/α-hetero) is 1. The van der Waals surface area contributed by atoms with E-state index in [-0.39, 0.29) is 30.0 Å². The van der Waals surface area contributed by atoms with Gasteiger partial charge in [-0.05, 0) is 12.8 Å². The predicted octanol–water partition coefficient (Wildman–Crippen LogP) is 3.45. The summed E-state index contributed by atoms with van der Waals surface area (Å²) >= 11 is 0. The maximum atomic E-state index is 14.6.